The smallest absolute Gasteiger partial charge is 0.329 e. The van der Waals surface area contributed by atoms with Gasteiger partial charge in [0.25, 0.3) is 0 Å². The predicted molar refractivity (Wildman–Crippen MR) is 155 cm³/mol. The van der Waals surface area contributed by atoms with Gasteiger partial charge in [-0.15, -0.1) is 10.2 Å². The highest BCUT2D eigenvalue weighted by atomic mass is 32.2. The first-order valence-electron chi connectivity index (χ1n) is 13.1. The SMILES string of the molecule is COC(=O)Cn1nnc(/C=C2\CN(C(c3ccccc3)(c3ccccc3)c3ccccc3)CCC2SC(C)=O)n1. The van der Waals surface area contributed by atoms with E-state index in [2.05, 4.69) is 93.1 Å². The Bertz CT molecular complexity index is 1380. The fourth-order valence-electron chi connectivity index (χ4n) is 5.43. The van der Waals surface area contributed by atoms with Gasteiger partial charge in [0, 0.05) is 25.3 Å². The number of thioether (sulfide) groups is 1. The average Bonchev–Trinajstić information content (AvgIpc) is 3.42. The van der Waals surface area contributed by atoms with Crippen LogP contribution in [0.3, 0.4) is 0 Å². The summed E-state index contributed by atoms with van der Waals surface area (Å²) in [4.78, 5) is 27.6. The number of likely N-dealkylation sites (tertiary alicyclic amines) is 1. The van der Waals surface area contributed by atoms with Crippen LogP contribution in [0.5, 0.6) is 0 Å². The first kappa shape index (κ1) is 27.5. The molecule has 8 nitrogen and oxygen atoms in total. The van der Waals surface area contributed by atoms with Gasteiger partial charge in [-0.25, -0.2) is 4.79 Å². The molecule has 1 aliphatic heterocycles. The van der Waals surface area contributed by atoms with Crippen LogP contribution in [-0.2, 0) is 26.4 Å². The number of rotatable bonds is 8. The van der Waals surface area contributed by atoms with Crippen LogP contribution in [0.25, 0.3) is 6.08 Å². The van der Waals surface area contributed by atoms with E-state index in [0.717, 1.165) is 35.2 Å². The highest BCUT2D eigenvalue weighted by Crippen LogP contribution is 2.45. The minimum absolute atomic E-state index is 0.0265. The number of tetrazole rings is 1. The van der Waals surface area contributed by atoms with E-state index in [0.29, 0.717) is 12.4 Å². The number of piperidine rings is 1. The molecule has 1 aromatic heterocycles. The maximum absolute atomic E-state index is 12.2. The normalized spacial score (nSPS) is 17.1. The molecule has 1 saturated heterocycles. The molecule has 0 radical (unpaired) electrons. The second-order valence-electron chi connectivity index (χ2n) is 9.59. The minimum Gasteiger partial charge on any atom is -0.468 e. The average molecular weight is 554 g/mol. The Balaban J connectivity index is 1.63. The van der Waals surface area contributed by atoms with Crippen LogP contribution in [-0.4, -0.2) is 61.6 Å². The Morgan fingerprint density at radius 2 is 1.50 bits per heavy atom. The summed E-state index contributed by atoms with van der Waals surface area (Å²) in [5.74, 6) is -0.0662. The molecule has 1 aliphatic rings. The number of aromatic nitrogens is 4. The number of methoxy groups -OCH3 is 1. The zero-order valence-electron chi connectivity index (χ0n) is 22.5. The highest BCUT2D eigenvalue weighted by molar-refractivity contribution is 8.14. The van der Waals surface area contributed by atoms with Gasteiger partial charge in [-0.2, -0.15) is 4.80 Å². The lowest BCUT2D eigenvalue weighted by atomic mass is 9.74. The summed E-state index contributed by atoms with van der Waals surface area (Å²) in [6.45, 7) is 2.82. The lowest BCUT2D eigenvalue weighted by Gasteiger charge is -2.49. The van der Waals surface area contributed by atoms with Gasteiger partial charge in [0.2, 0.25) is 0 Å². The van der Waals surface area contributed by atoms with Gasteiger partial charge >= 0.3 is 5.97 Å². The molecule has 4 aromatic rings. The maximum atomic E-state index is 12.2. The molecule has 0 N–H and O–H groups in total. The van der Waals surface area contributed by atoms with E-state index in [1.165, 1.54) is 23.7 Å². The van der Waals surface area contributed by atoms with Crippen molar-refractivity contribution >= 4 is 28.9 Å². The van der Waals surface area contributed by atoms with Crippen molar-refractivity contribution in [2.75, 3.05) is 20.2 Å². The molecule has 0 aliphatic carbocycles. The van der Waals surface area contributed by atoms with E-state index in [1.807, 2.05) is 24.3 Å². The molecule has 204 valence electrons. The van der Waals surface area contributed by atoms with Crippen LogP contribution in [0.4, 0.5) is 0 Å². The number of nitrogens with zero attached hydrogens (tertiary/aromatic N) is 5. The maximum Gasteiger partial charge on any atom is 0.329 e. The summed E-state index contributed by atoms with van der Waals surface area (Å²) in [7, 11) is 1.32. The Labute approximate surface area is 238 Å². The molecular formula is C31H31N5O3S. The fraction of sp³-hybridized carbons (Fsp3) is 0.258. The fourth-order valence-corrected chi connectivity index (χ4v) is 6.35. The van der Waals surface area contributed by atoms with Crippen LogP contribution in [0.15, 0.2) is 96.6 Å². The summed E-state index contributed by atoms with van der Waals surface area (Å²) >= 11 is 1.33. The number of esters is 1. The van der Waals surface area contributed by atoms with Crippen molar-refractivity contribution in [2.24, 2.45) is 0 Å². The topological polar surface area (TPSA) is 90.2 Å². The molecule has 0 amide bonds. The third-order valence-electron chi connectivity index (χ3n) is 7.09. The van der Waals surface area contributed by atoms with E-state index in [1.54, 1.807) is 6.92 Å². The lowest BCUT2D eigenvalue weighted by molar-refractivity contribution is -0.141. The van der Waals surface area contributed by atoms with E-state index in [9.17, 15) is 9.59 Å². The van der Waals surface area contributed by atoms with E-state index >= 15 is 0 Å². The molecule has 1 fully saturated rings. The summed E-state index contributed by atoms with van der Waals surface area (Å²) < 4.78 is 4.72. The van der Waals surface area contributed by atoms with E-state index in [-0.39, 0.29) is 16.9 Å². The molecule has 40 heavy (non-hydrogen) atoms. The molecular weight excluding hydrogens is 522 g/mol. The molecule has 9 heteroatoms. The monoisotopic (exact) mass is 553 g/mol. The van der Waals surface area contributed by atoms with Gasteiger partial charge < -0.3 is 4.74 Å². The van der Waals surface area contributed by atoms with Crippen molar-refractivity contribution in [1.82, 2.24) is 25.1 Å². The van der Waals surface area contributed by atoms with E-state index < -0.39 is 11.5 Å². The number of carbonyl (C=O) groups is 2. The molecule has 5 rings (SSSR count). The molecule has 0 bridgehead atoms. The Morgan fingerprint density at radius 3 is 2.00 bits per heavy atom. The Morgan fingerprint density at radius 1 is 0.950 bits per heavy atom. The number of carbonyl (C=O) groups excluding carboxylic acids is 2. The summed E-state index contributed by atoms with van der Waals surface area (Å²) in [6, 6.07) is 31.7. The largest absolute Gasteiger partial charge is 0.468 e. The van der Waals surface area contributed by atoms with Gasteiger partial charge in [-0.05, 0) is 40.0 Å². The van der Waals surface area contributed by atoms with Crippen molar-refractivity contribution in [2.45, 2.75) is 30.7 Å². The number of hydrogen-bond donors (Lipinski definition) is 0. The van der Waals surface area contributed by atoms with Gasteiger partial charge in [-0.1, -0.05) is 103 Å². The van der Waals surface area contributed by atoms with Crippen LogP contribution in [0, 0.1) is 0 Å². The molecule has 1 atom stereocenters. The first-order valence-corrected chi connectivity index (χ1v) is 14.0. The van der Waals surface area contributed by atoms with Gasteiger partial charge in [0.15, 0.2) is 17.5 Å². The molecule has 2 heterocycles. The van der Waals surface area contributed by atoms with Crippen LogP contribution in [0.1, 0.15) is 35.9 Å². The molecule has 0 saturated carbocycles. The number of hydrogen-bond acceptors (Lipinski definition) is 8. The van der Waals surface area contributed by atoms with Crippen molar-refractivity contribution in [1.29, 1.82) is 0 Å². The third-order valence-corrected chi connectivity index (χ3v) is 8.24. The van der Waals surface area contributed by atoms with Gasteiger partial charge in [0.1, 0.15) is 0 Å². The first-order chi connectivity index (χ1) is 19.5. The molecule has 0 spiro atoms. The quantitative estimate of drug-likeness (QED) is 0.232. The van der Waals surface area contributed by atoms with Crippen LogP contribution < -0.4 is 0 Å². The second kappa shape index (κ2) is 12.4. The highest BCUT2D eigenvalue weighted by Gasteiger charge is 2.44. The Hall–Kier alpha value is -4.08. The lowest BCUT2D eigenvalue weighted by Crippen LogP contribution is -2.52. The van der Waals surface area contributed by atoms with Gasteiger partial charge in [0.05, 0.1) is 12.6 Å². The van der Waals surface area contributed by atoms with Crippen LogP contribution in [0.2, 0.25) is 0 Å². The summed E-state index contributed by atoms with van der Waals surface area (Å²) in [6.07, 6.45) is 2.67. The zero-order valence-corrected chi connectivity index (χ0v) is 23.3. The summed E-state index contributed by atoms with van der Waals surface area (Å²) in [5.41, 5.74) is 3.92. The summed E-state index contributed by atoms with van der Waals surface area (Å²) in [5, 5.41) is 12.6. The van der Waals surface area contributed by atoms with Crippen molar-refractivity contribution in [3.05, 3.63) is 119 Å². The number of benzene rings is 3. The Kier molecular flexibility index (Phi) is 8.52. The third kappa shape index (κ3) is 5.76. The van der Waals surface area contributed by atoms with Crippen molar-refractivity contribution < 1.29 is 14.3 Å². The predicted octanol–water partition coefficient (Wildman–Crippen LogP) is 4.58. The van der Waals surface area contributed by atoms with Crippen molar-refractivity contribution in [3.63, 3.8) is 0 Å². The van der Waals surface area contributed by atoms with Crippen LogP contribution >= 0.6 is 11.8 Å². The van der Waals surface area contributed by atoms with Crippen molar-refractivity contribution in [3.8, 4) is 0 Å². The standard InChI is InChI=1S/C31H31N5O3S/c1-23(37)40-28-18-19-35(21-24(28)20-29-32-34-36(33-29)22-30(38)39-2)31(25-12-6-3-7-13-25,26-14-8-4-9-15-26)27-16-10-5-11-17-27/h3-17,20,28H,18-19,21-22H2,1-2H3/b24-20+. The van der Waals surface area contributed by atoms with E-state index in [4.69, 9.17) is 4.74 Å². The second-order valence-corrected chi connectivity index (χ2v) is 11.0. The number of ether oxygens (including phenoxy) is 1. The molecule has 3 aromatic carbocycles. The minimum atomic E-state index is -0.579. The molecule has 1 unspecified atom stereocenters. The van der Waals surface area contributed by atoms with Gasteiger partial charge in [-0.3, -0.25) is 9.69 Å². The zero-order chi connectivity index (χ0) is 28.0.